The number of ether oxygens (including phenoxy) is 1. The fourth-order valence-electron chi connectivity index (χ4n) is 3.94. The van der Waals surface area contributed by atoms with Crippen molar-refractivity contribution in [3.8, 4) is 17.1 Å². The van der Waals surface area contributed by atoms with Crippen LogP contribution in [0, 0.1) is 0 Å². The Morgan fingerprint density at radius 3 is 2.70 bits per heavy atom. The largest absolute Gasteiger partial charge is 0.466 e. The van der Waals surface area contributed by atoms with Crippen LogP contribution in [0.25, 0.3) is 22.2 Å². The first-order valence-electron chi connectivity index (χ1n) is 10.6. The van der Waals surface area contributed by atoms with Gasteiger partial charge >= 0.3 is 0 Å². The SMILES string of the molecule is O=C(c1ccccc1-c1cnccn1)N1CCC(F)(F)C(Oc2ccc3ccccc3n2)C1. The van der Waals surface area contributed by atoms with Gasteiger partial charge in [0.2, 0.25) is 5.88 Å². The fraction of sp³-hybridized carbons (Fsp3) is 0.200. The van der Waals surface area contributed by atoms with Crippen LogP contribution in [0.15, 0.2) is 79.3 Å². The maximum absolute atomic E-state index is 14.7. The van der Waals surface area contributed by atoms with Crippen LogP contribution in [0.4, 0.5) is 8.78 Å². The number of aromatic nitrogens is 3. The number of likely N-dealkylation sites (tertiary alicyclic amines) is 1. The second kappa shape index (κ2) is 8.54. The summed E-state index contributed by atoms with van der Waals surface area (Å²) in [5, 5.41) is 0.887. The average Bonchev–Trinajstić information content (AvgIpc) is 2.85. The molecule has 1 fully saturated rings. The average molecular weight is 446 g/mol. The van der Waals surface area contributed by atoms with Crippen molar-refractivity contribution in [2.24, 2.45) is 0 Å². The number of pyridine rings is 1. The minimum absolute atomic E-state index is 0.0777. The predicted molar refractivity (Wildman–Crippen MR) is 119 cm³/mol. The smallest absolute Gasteiger partial charge is 0.287 e. The second-order valence-electron chi connectivity index (χ2n) is 7.85. The Labute approximate surface area is 188 Å². The van der Waals surface area contributed by atoms with E-state index in [1.54, 1.807) is 61.1 Å². The van der Waals surface area contributed by atoms with Crippen molar-refractivity contribution in [1.82, 2.24) is 19.9 Å². The van der Waals surface area contributed by atoms with Gasteiger partial charge in [0.25, 0.3) is 11.8 Å². The first kappa shape index (κ1) is 20.9. The highest BCUT2D eigenvalue weighted by Gasteiger charge is 2.47. The van der Waals surface area contributed by atoms with Crippen LogP contribution >= 0.6 is 0 Å². The van der Waals surface area contributed by atoms with Crippen LogP contribution in [-0.4, -0.2) is 50.9 Å². The number of para-hydroxylation sites is 1. The topological polar surface area (TPSA) is 68.2 Å². The number of nitrogens with zero attached hydrogens (tertiary/aromatic N) is 4. The maximum atomic E-state index is 14.7. The Morgan fingerprint density at radius 2 is 1.85 bits per heavy atom. The summed E-state index contributed by atoms with van der Waals surface area (Å²) in [7, 11) is 0. The van der Waals surface area contributed by atoms with Gasteiger partial charge in [-0.2, -0.15) is 0 Å². The summed E-state index contributed by atoms with van der Waals surface area (Å²) in [6.07, 6.45) is 2.65. The summed E-state index contributed by atoms with van der Waals surface area (Å²) in [5.41, 5.74) is 2.17. The summed E-state index contributed by atoms with van der Waals surface area (Å²) in [6, 6.07) is 17.7. The molecule has 5 rings (SSSR count). The highest BCUT2D eigenvalue weighted by molar-refractivity contribution is 6.00. The van der Waals surface area contributed by atoms with Gasteiger partial charge in [0.05, 0.1) is 24.0 Å². The Morgan fingerprint density at radius 1 is 1.03 bits per heavy atom. The Hall–Kier alpha value is -3.94. The monoisotopic (exact) mass is 446 g/mol. The summed E-state index contributed by atoms with van der Waals surface area (Å²) in [6.45, 7) is -0.333. The van der Waals surface area contributed by atoms with Crippen molar-refractivity contribution < 1.29 is 18.3 Å². The molecule has 2 aromatic carbocycles. The molecule has 1 atom stereocenters. The molecule has 6 nitrogen and oxygen atoms in total. The van der Waals surface area contributed by atoms with E-state index in [2.05, 4.69) is 15.0 Å². The van der Waals surface area contributed by atoms with E-state index in [4.69, 9.17) is 4.74 Å². The number of rotatable bonds is 4. The number of piperidine rings is 1. The molecule has 33 heavy (non-hydrogen) atoms. The molecule has 0 spiro atoms. The van der Waals surface area contributed by atoms with Crippen LogP contribution in [0.1, 0.15) is 16.8 Å². The second-order valence-corrected chi connectivity index (χ2v) is 7.85. The van der Waals surface area contributed by atoms with E-state index in [1.807, 2.05) is 18.2 Å². The van der Waals surface area contributed by atoms with Crippen molar-refractivity contribution in [2.75, 3.05) is 13.1 Å². The molecule has 1 aliphatic heterocycles. The highest BCUT2D eigenvalue weighted by atomic mass is 19.3. The van der Waals surface area contributed by atoms with E-state index in [0.29, 0.717) is 22.3 Å². The van der Waals surface area contributed by atoms with Crippen LogP contribution in [0.3, 0.4) is 0 Å². The van der Waals surface area contributed by atoms with E-state index in [1.165, 1.54) is 4.90 Å². The molecular weight excluding hydrogens is 426 g/mol. The Bertz CT molecular complexity index is 1300. The zero-order valence-corrected chi connectivity index (χ0v) is 17.6. The lowest BCUT2D eigenvalue weighted by Crippen LogP contribution is -2.55. The van der Waals surface area contributed by atoms with Gasteiger partial charge in [0.1, 0.15) is 0 Å². The van der Waals surface area contributed by atoms with Crippen molar-refractivity contribution in [2.45, 2.75) is 18.4 Å². The number of benzene rings is 2. The van der Waals surface area contributed by atoms with Gasteiger partial charge in [-0.05, 0) is 18.2 Å². The van der Waals surface area contributed by atoms with Gasteiger partial charge in [-0.25, -0.2) is 13.8 Å². The third-order valence-corrected chi connectivity index (χ3v) is 5.69. The first-order chi connectivity index (χ1) is 16.0. The quantitative estimate of drug-likeness (QED) is 0.458. The molecule has 8 heteroatoms. The predicted octanol–water partition coefficient (Wildman–Crippen LogP) is 4.62. The number of hydrogen-bond acceptors (Lipinski definition) is 5. The minimum Gasteiger partial charge on any atom is -0.466 e. The summed E-state index contributed by atoms with van der Waals surface area (Å²) >= 11 is 0. The number of carbonyl (C=O) groups excluding carboxylic acids is 1. The maximum Gasteiger partial charge on any atom is 0.287 e. The van der Waals surface area contributed by atoms with Crippen LogP contribution < -0.4 is 4.74 Å². The minimum atomic E-state index is -3.09. The van der Waals surface area contributed by atoms with Gasteiger partial charge < -0.3 is 9.64 Å². The van der Waals surface area contributed by atoms with E-state index in [-0.39, 0.29) is 24.9 Å². The molecule has 0 aliphatic carbocycles. The van der Waals surface area contributed by atoms with Crippen LogP contribution in [-0.2, 0) is 0 Å². The highest BCUT2D eigenvalue weighted by Crippen LogP contribution is 2.33. The van der Waals surface area contributed by atoms with Crippen molar-refractivity contribution in [1.29, 1.82) is 0 Å². The number of carbonyl (C=O) groups is 1. The first-order valence-corrected chi connectivity index (χ1v) is 10.6. The Kier molecular flexibility index (Phi) is 5.42. The molecule has 2 aromatic heterocycles. The molecule has 3 heterocycles. The molecule has 1 amide bonds. The number of alkyl halides is 2. The fourth-order valence-corrected chi connectivity index (χ4v) is 3.94. The third-order valence-electron chi connectivity index (χ3n) is 5.69. The molecule has 4 aromatic rings. The van der Waals surface area contributed by atoms with Crippen LogP contribution in [0.2, 0.25) is 0 Å². The zero-order valence-electron chi connectivity index (χ0n) is 17.6. The normalized spacial score (nSPS) is 17.6. The molecule has 1 aliphatic rings. The molecule has 0 radical (unpaired) electrons. The molecule has 166 valence electrons. The van der Waals surface area contributed by atoms with Crippen molar-refractivity contribution in [3.63, 3.8) is 0 Å². The number of halogens is 2. The molecule has 1 unspecified atom stereocenters. The van der Waals surface area contributed by atoms with Crippen molar-refractivity contribution >= 4 is 16.8 Å². The number of amides is 1. The lowest BCUT2D eigenvalue weighted by molar-refractivity contribution is -0.131. The third kappa shape index (κ3) is 4.24. The number of fused-ring (bicyclic) bond motifs is 1. The van der Waals surface area contributed by atoms with E-state index >= 15 is 0 Å². The van der Waals surface area contributed by atoms with E-state index in [9.17, 15) is 13.6 Å². The summed E-state index contributed by atoms with van der Waals surface area (Å²) in [5.74, 6) is -3.34. The molecule has 0 saturated carbocycles. The van der Waals surface area contributed by atoms with Gasteiger partial charge in [0.15, 0.2) is 6.10 Å². The van der Waals surface area contributed by atoms with Gasteiger partial charge in [-0.1, -0.05) is 36.4 Å². The van der Waals surface area contributed by atoms with Crippen LogP contribution in [0.5, 0.6) is 5.88 Å². The summed E-state index contributed by atoms with van der Waals surface area (Å²) < 4.78 is 35.1. The van der Waals surface area contributed by atoms with E-state index < -0.39 is 18.4 Å². The molecule has 0 N–H and O–H groups in total. The number of hydrogen-bond donors (Lipinski definition) is 0. The molecule has 1 saturated heterocycles. The van der Waals surface area contributed by atoms with Gasteiger partial charge in [-0.3, -0.25) is 14.8 Å². The van der Waals surface area contributed by atoms with Crippen molar-refractivity contribution in [3.05, 3.63) is 84.8 Å². The Balaban J connectivity index is 1.40. The standard InChI is InChI=1S/C25H20F2N4O2/c26-25(27)11-14-31(16-22(25)33-23-10-9-17-5-1-4-8-20(17)30-23)24(32)19-7-3-2-6-18(19)21-15-28-12-13-29-21/h1-10,12-13,15,22H,11,14,16H2. The molecule has 0 bridgehead atoms. The van der Waals surface area contributed by atoms with Gasteiger partial charge in [0, 0.05) is 47.9 Å². The lowest BCUT2D eigenvalue weighted by Gasteiger charge is -2.38. The molecular formula is C25H20F2N4O2. The zero-order chi connectivity index (χ0) is 22.8. The van der Waals surface area contributed by atoms with E-state index in [0.717, 1.165) is 5.39 Å². The summed E-state index contributed by atoms with van der Waals surface area (Å²) in [4.78, 5) is 27.4. The lowest BCUT2D eigenvalue weighted by atomic mass is 9.99. The van der Waals surface area contributed by atoms with Gasteiger partial charge in [-0.15, -0.1) is 0 Å².